The Kier molecular flexibility index (Phi) is 17.7. The topological polar surface area (TPSA) is 72.5 Å². The Morgan fingerprint density at radius 3 is 1.67 bits per heavy atom. The number of hydrogen-bond donors (Lipinski definition) is 0. The standard InChI is InChI=1S/C48H82O7Si3/c1-19-50-45(49)38(5)44(55-57(17,18)47(9,10)11)37(4)42-32-39(51-34-52-42)31-30-35(2)43(54-56(15,16)46(6,7)8)36(3)33-53-58(48(12,13)14,40-26-22-20-23-27-40)41-28-24-21-25-29-41/h20-31,35-39,42-44H,19,32-34H2,1-18H3/b31-30-/t35-,36-,37+,38-,39-,42+,43-,44+/m0/s1. The highest BCUT2D eigenvalue weighted by Gasteiger charge is 2.51. The minimum atomic E-state index is -2.74. The lowest BCUT2D eigenvalue weighted by atomic mass is 9.86. The van der Waals surface area contributed by atoms with E-state index in [-0.39, 0.29) is 70.0 Å². The van der Waals surface area contributed by atoms with Gasteiger partial charge in [-0.25, -0.2) is 0 Å². The van der Waals surface area contributed by atoms with Crippen LogP contribution in [0.3, 0.4) is 0 Å². The molecule has 1 fully saturated rings. The summed E-state index contributed by atoms with van der Waals surface area (Å²) in [6.07, 6.45) is 4.46. The average molecular weight is 855 g/mol. The molecule has 1 saturated heterocycles. The molecular weight excluding hydrogens is 773 g/mol. The zero-order chi connectivity index (χ0) is 43.9. The van der Waals surface area contributed by atoms with E-state index in [0.717, 1.165) is 0 Å². The Balaban J connectivity index is 1.93. The van der Waals surface area contributed by atoms with Gasteiger partial charge in [0.15, 0.2) is 16.6 Å². The van der Waals surface area contributed by atoms with Crippen molar-refractivity contribution in [2.45, 2.75) is 169 Å². The van der Waals surface area contributed by atoms with Crippen LogP contribution in [0.1, 0.15) is 103 Å². The van der Waals surface area contributed by atoms with E-state index < -0.39 is 30.9 Å². The number of esters is 1. The highest BCUT2D eigenvalue weighted by atomic mass is 28.4. The third-order valence-electron chi connectivity index (χ3n) is 13.4. The normalized spacial score (nSPS) is 20.9. The van der Waals surface area contributed by atoms with E-state index in [1.54, 1.807) is 0 Å². The highest BCUT2D eigenvalue weighted by molar-refractivity contribution is 6.99. The Bertz CT molecular complexity index is 1540. The van der Waals surface area contributed by atoms with Crippen LogP contribution >= 0.6 is 0 Å². The van der Waals surface area contributed by atoms with E-state index >= 15 is 0 Å². The molecule has 2 aromatic rings. The molecule has 0 bridgehead atoms. The van der Waals surface area contributed by atoms with Gasteiger partial charge in [0.25, 0.3) is 8.32 Å². The molecular formula is C48H82O7Si3. The average Bonchev–Trinajstić information content (AvgIpc) is 3.14. The van der Waals surface area contributed by atoms with Crippen LogP contribution in [0.4, 0.5) is 0 Å². The van der Waals surface area contributed by atoms with Crippen LogP contribution in [-0.4, -0.2) is 75.3 Å². The molecule has 1 aliphatic rings. The summed E-state index contributed by atoms with van der Waals surface area (Å²) in [5.41, 5.74) is 0. The van der Waals surface area contributed by atoms with Crippen molar-refractivity contribution in [3.63, 3.8) is 0 Å². The number of ether oxygens (including phenoxy) is 3. The summed E-state index contributed by atoms with van der Waals surface area (Å²) in [7, 11) is -7.14. The minimum Gasteiger partial charge on any atom is -0.466 e. The first-order valence-corrected chi connectivity index (χ1v) is 29.6. The summed E-state index contributed by atoms with van der Waals surface area (Å²) >= 11 is 0. The fraction of sp³-hybridized carbons (Fsp3) is 0.688. The zero-order valence-corrected chi connectivity index (χ0v) is 42.7. The lowest BCUT2D eigenvalue weighted by Gasteiger charge is -2.46. The van der Waals surface area contributed by atoms with Gasteiger partial charge in [-0.3, -0.25) is 4.79 Å². The number of carbonyl (C=O) groups excluding carboxylic acids is 1. The first kappa shape index (κ1) is 50.5. The number of carbonyl (C=O) groups is 1. The summed E-state index contributed by atoms with van der Waals surface area (Å²) in [5, 5.41) is 2.48. The van der Waals surface area contributed by atoms with Gasteiger partial charge < -0.3 is 27.5 Å². The van der Waals surface area contributed by atoms with Gasteiger partial charge in [0.05, 0.1) is 36.9 Å². The van der Waals surface area contributed by atoms with Crippen molar-refractivity contribution in [2.75, 3.05) is 20.0 Å². The predicted octanol–water partition coefficient (Wildman–Crippen LogP) is 11.1. The second-order valence-corrected chi connectivity index (χ2v) is 34.9. The summed E-state index contributed by atoms with van der Waals surface area (Å²) in [5.74, 6) is -0.510. The number of benzene rings is 2. The molecule has 0 unspecified atom stereocenters. The van der Waals surface area contributed by atoms with Gasteiger partial charge in [-0.1, -0.05) is 156 Å². The van der Waals surface area contributed by atoms with Gasteiger partial charge in [0, 0.05) is 24.9 Å². The molecule has 0 spiro atoms. The Labute approximate surface area is 357 Å². The molecule has 0 amide bonds. The molecule has 1 aliphatic heterocycles. The van der Waals surface area contributed by atoms with Crippen molar-refractivity contribution in [1.82, 2.24) is 0 Å². The van der Waals surface area contributed by atoms with E-state index in [1.807, 2.05) is 13.8 Å². The molecule has 0 aromatic heterocycles. The minimum absolute atomic E-state index is 0.0119. The van der Waals surface area contributed by atoms with E-state index in [9.17, 15) is 4.79 Å². The van der Waals surface area contributed by atoms with Crippen LogP contribution in [0.2, 0.25) is 41.3 Å². The first-order valence-electron chi connectivity index (χ1n) is 21.9. The Hall–Kier alpha value is -1.90. The van der Waals surface area contributed by atoms with Crippen molar-refractivity contribution < 1.29 is 32.3 Å². The summed E-state index contributed by atoms with van der Waals surface area (Å²) in [6.45, 7) is 41.4. The zero-order valence-electron chi connectivity index (χ0n) is 39.7. The fourth-order valence-corrected chi connectivity index (χ4v) is 15.3. The third-order valence-corrected chi connectivity index (χ3v) is 27.4. The molecule has 1 heterocycles. The highest BCUT2D eigenvalue weighted by Crippen LogP contribution is 2.42. The second-order valence-electron chi connectivity index (χ2n) is 21.0. The Morgan fingerprint density at radius 1 is 0.741 bits per heavy atom. The van der Waals surface area contributed by atoms with Gasteiger partial charge in [0.1, 0.15) is 6.79 Å². The maximum atomic E-state index is 13.1. The molecule has 328 valence electrons. The molecule has 0 saturated carbocycles. The van der Waals surface area contributed by atoms with Crippen molar-refractivity contribution in [2.24, 2.45) is 23.7 Å². The second kappa shape index (κ2) is 20.3. The summed E-state index contributed by atoms with van der Waals surface area (Å²) < 4.78 is 39.9. The van der Waals surface area contributed by atoms with Gasteiger partial charge in [-0.2, -0.15) is 0 Å². The largest absolute Gasteiger partial charge is 0.466 e. The smallest absolute Gasteiger partial charge is 0.311 e. The van der Waals surface area contributed by atoms with Crippen molar-refractivity contribution in [3.8, 4) is 0 Å². The third kappa shape index (κ3) is 12.4. The van der Waals surface area contributed by atoms with Gasteiger partial charge in [-0.15, -0.1) is 0 Å². The van der Waals surface area contributed by atoms with Crippen LogP contribution in [0.25, 0.3) is 0 Å². The van der Waals surface area contributed by atoms with E-state index in [4.69, 9.17) is 27.5 Å². The molecule has 0 radical (unpaired) electrons. The molecule has 3 rings (SSSR count). The maximum absolute atomic E-state index is 13.1. The predicted molar refractivity (Wildman–Crippen MR) is 249 cm³/mol. The monoisotopic (exact) mass is 855 g/mol. The first-order chi connectivity index (χ1) is 26.7. The van der Waals surface area contributed by atoms with Crippen LogP contribution in [0.15, 0.2) is 72.8 Å². The van der Waals surface area contributed by atoms with Crippen LogP contribution in [-0.2, 0) is 32.3 Å². The molecule has 7 nitrogen and oxygen atoms in total. The van der Waals surface area contributed by atoms with Crippen LogP contribution in [0, 0.1) is 23.7 Å². The van der Waals surface area contributed by atoms with Gasteiger partial charge >= 0.3 is 5.97 Å². The van der Waals surface area contributed by atoms with Gasteiger partial charge in [0.2, 0.25) is 0 Å². The molecule has 58 heavy (non-hydrogen) atoms. The molecule has 0 N–H and O–H groups in total. The quantitative estimate of drug-likeness (QED) is 0.0840. The van der Waals surface area contributed by atoms with Crippen LogP contribution < -0.4 is 10.4 Å². The van der Waals surface area contributed by atoms with Crippen molar-refractivity contribution >= 4 is 41.3 Å². The number of hydrogen-bond acceptors (Lipinski definition) is 7. The molecule has 0 aliphatic carbocycles. The lowest BCUT2D eigenvalue weighted by molar-refractivity contribution is -0.188. The van der Waals surface area contributed by atoms with Gasteiger partial charge in [-0.05, 0) is 71.4 Å². The molecule has 8 atom stereocenters. The van der Waals surface area contributed by atoms with E-state index in [0.29, 0.717) is 19.6 Å². The van der Waals surface area contributed by atoms with E-state index in [1.165, 1.54) is 10.4 Å². The summed E-state index contributed by atoms with van der Waals surface area (Å²) in [4.78, 5) is 13.1. The van der Waals surface area contributed by atoms with Crippen molar-refractivity contribution in [3.05, 3.63) is 72.8 Å². The van der Waals surface area contributed by atoms with Crippen molar-refractivity contribution in [1.29, 1.82) is 0 Å². The SMILES string of the molecule is CCOC(=O)[C@@H](C)[C@H](O[Si](C)(C)C(C)(C)C)[C@H](C)[C@H]1C[C@H](/C=C\[C@H](C)[C@H](O[Si](C)(C)C(C)(C)C)[C@@H](C)CO[Si](c2ccccc2)(c2ccccc2)C(C)(C)C)OCO1. The number of rotatable bonds is 18. The lowest BCUT2D eigenvalue weighted by Crippen LogP contribution is -2.67. The summed E-state index contributed by atoms with van der Waals surface area (Å²) in [6, 6.07) is 21.8. The fourth-order valence-electron chi connectivity index (χ4n) is 7.66. The van der Waals surface area contributed by atoms with Crippen LogP contribution in [0.5, 0.6) is 0 Å². The molecule has 10 heteroatoms. The Morgan fingerprint density at radius 2 is 1.22 bits per heavy atom. The van der Waals surface area contributed by atoms with E-state index in [2.05, 4.69) is 182 Å². The molecule has 2 aromatic carbocycles. The maximum Gasteiger partial charge on any atom is 0.311 e.